The molecule has 1 aromatic heterocycles. The Balaban J connectivity index is 1.50. The summed E-state index contributed by atoms with van der Waals surface area (Å²) in [6.45, 7) is 3.89. The third-order valence-electron chi connectivity index (χ3n) is 6.22. The topological polar surface area (TPSA) is 96.6 Å². The Hall–Kier alpha value is -4.24. The highest BCUT2D eigenvalue weighted by atomic mass is 79.9. The van der Waals surface area contributed by atoms with Crippen LogP contribution in [-0.4, -0.2) is 39.2 Å². The summed E-state index contributed by atoms with van der Waals surface area (Å²) in [5.74, 6) is -0.273. The summed E-state index contributed by atoms with van der Waals surface area (Å²) in [4.78, 5) is 50.3. The SMILES string of the molecule is CCOC(=O)C(Br)Cc1ccc(/C=C/c2ccc(Cn3c(=O)c4ccccc4n(C(=O)OCC)c3=O)cc2)cc1. The maximum atomic E-state index is 13.2. The van der Waals surface area contributed by atoms with Gasteiger partial charge >= 0.3 is 17.8 Å². The number of alkyl halides is 1. The third-order valence-corrected chi connectivity index (χ3v) is 6.92. The number of benzene rings is 3. The van der Waals surface area contributed by atoms with Crippen molar-refractivity contribution < 1.29 is 19.1 Å². The van der Waals surface area contributed by atoms with Crippen LogP contribution < -0.4 is 11.2 Å². The van der Waals surface area contributed by atoms with Gasteiger partial charge in [0.25, 0.3) is 5.56 Å². The van der Waals surface area contributed by atoms with Crippen LogP contribution in [0.25, 0.3) is 23.1 Å². The van der Waals surface area contributed by atoms with Crippen LogP contribution in [0.5, 0.6) is 0 Å². The number of para-hydroxylation sites is 1. The average Bonchev–Trinajstić information content (AvgIpc) is 2.96. The second-order valence-electron chi connectivity index (χ2n) is 8.97. The van der Waals surface area contributed by atoms with Gasteiger partial charge in [-0.15, -0.1) is 0 Å². The summed E-state index contributed by atoms with van der Waals surface area (Å²) in [5.41, 5.74) is 2.68. The second-order valence-corrected chi connectivity index (χ2v) is 10.1. The number of halogens is 1. The fourth-order valence-electron chi connectivity index (χ4n) is 4.21. The Bertz CT molecular complexity index is 1650. The molecule has 0 aliphatic heterocycles. The number of fused-ring (bicyclic) bond motifs is 1. The molecule has 40 heavy (non-hydrogen) atoms. The average molecular weight is 605 g/mol. The Morgan fingerprint density at radius 1 is 0.825 bits per heavy atom. The fourth-order valence-corrected chi connectivity index (χ4v) is 4.71. The van der Waals surface area contributed by atoms with Crippen molar-refractivity contribution in [3.05, 3.63) is 116 Å². The second kappa shape index (κ2) is 13.2. The van der Waals surface area contributed by atoms with Crippen LogP contribution in [0.15, 0.2) is 82.4 Å². The summed E-state index contributed by atoms with van der Waals surface area (Å²) in [5, 5.41) is 0.258. The van der Waals surface area contributed by atoms with Gasteiger partial charge in [-0.3, -0.25) is 14.2 Å². The van der Waals surface area contributed by atoms with E-state index in [1.807, 2.05) is 60.7 Å². The number of hydrogen-bond donors (Lipinski definition) is 0. The van der Waals surface area contributed by atoms with Crippen molar-refractivity contribution in [2.45, 2.75) is 31.6 Å². The lowest BCUT2D eigenvalue weighted by Gasteiger charge is -2.13. The summed E-state index contributed by atoms with van der Waals surface area (Å²) in [6, 6.07) is 21.8. The molecule has 4 aromatic rings. The van der Waals surface area contributed by atoms with Gasteiger partial charge in [0.15, 0.2) is 0 Å². The zero-order valence-corrected chi connectivity index (χ0v) is 23.8. The minimum Gasteiger partial charge on any atom is -0.465 e. The van der Waals surface area contributed by atoms with E-state index >= 15 is 0 Å². The Kier molecular flexibility index (Phi) is 9.50. The summed E-state index contributed by atoms with van der Waals surface area (Å²) >= 11 is 3.38. The first-order valence-electron chi connectivity index (χ1n) is 12.9. The molecule has 9 heteroatoms. The first kappa shape index (κ1) is 28.8. The lowest BCUT2D eigenvalue weighted by molar-refractivity contribution is -0.142. The third kappa shape index (κ3) is 6.66. The minimum atomic E-state index is -0.822. The molecule has 3 aromatic carbocycles. The molecule has 8 nitrogen and oxygen atoms in total. The number of hydrogen-bond acceptors (Lipinski definition) is 6. The smallest absolute Gasteiger partial charge is 0.422 e. The van der Waals surface area contributed by atoms with Gasteiger partial charge < -0.3 is 9.47 Å². The molecule has 0 aliphatic carbocycles. The van der Waals surface area contributed by atoms with E-state index in [-0.39, 0.29) is 34.9 Å². The van der Waals surface area contributed by atoms with Crippen molar-refractivity contribution in [2.75, 3.05) is 13.2 Å². The van der Waals surface area contributed by atoms with Crippen LogP contribution in [0, 0.1) is 0 Å². The quantitative estimate of drug-likeness (QED) is 0.147. The molecule has 1 heterocycles. The Morgan fingerprint density at radius 3 is 2.00 bits per heavy atom. The number of carbonyl (C=O) groups is 2. The van der Waals surface area contributed by atoms with Gasteiger partial charge in [0.1, 0.15) is 4.83 Å². The largest absolute Gasteiger partial charge is 0.465 e. The van der Waals surface area contributed by atoms with E-state index in [9.17, 15) is 19.2 Å². The predicted octanol–water partition coefficient (Wildman–Crippen LogP) is 5.26. The van der Waals surface area contributed by atoms with Gasteiger partial charge in [0.05, 0.1) is 30.7 Å². The molecule has 0 N–H and O–H groups in total. The summed E-state index contributed by atoms with van der Waals surface area (Å²) in [6.07, 6.45) is 3.65. The molecule has 4 rings (SSSR count). The molecular formula is C31H29BrN2O6. The van der Waals surface area contributed by atoms with Gasteiger partial charge in [-0.2, -0.15) is 4.57 Å². The molecule has 0 spiro atoms. The lowest BCUT2D eigenvalue weighted by atomic mass is 10.1. The lowest BCUT2D eigenvalue weighted by Crippen LogP contribution is -2.43. The minimum absolute atomic E-state index is 0.00767. The van der Waals surface area contributed by atoms with Gasteiger partial charge in [0, 0.05) is 0 Å². The molecule has 0 saturated heterocycles. The molecular weight excluding hydrogens is 576 g/mol. The molecule has 0 aliphatic rings. The van der Waals surface area contributed by atoms with E-state index in [2.05, 4.69) is 15.9 Å². The summed E-state index contributed by atoms with van der Waals surface area (Å²) in [7, 11) is 0. The van der Waals surface area contributed by atoms with Crippen LogP contribution in [0.4, 0.5) is 4.79 Å². The van der Waals surface area contributed by atoms with Gasteiger partial charge in [-0.25, -0.2) is 9.59 Å². The van der Waals surface area contributed by atoms with Crippen LogP contribution in [0.1, 0.15) is 36.1 Å². The number of rotatable bonds is 9. The maximum Gasteiger partial charge on any atom is 0.422 e. The molecule has 1 atom stereocenters. The molecule has 0 fully saturated rings. The van der Waals surface area contributed by atoms with E-state index in [0.717, 1.165) is 31.4 Å². The molecule has 0 radical (unpaired) electrons. The Morgan fingerprint density at radius 2 is 1.40 bits per heavy atom. The Labute approximate surface area is 239 Å². The molecule has 206 valence electrons. The molecule has 0 bridgehead atoms. The molecule has 1 unspecified atom stereocenters. The first-order valence-corrected chi connectivity index (χ1v) is 13.8. The van der Waals surface area contributed by atoms with Crippen LogP contribution in [0.2, 0.25) is 0 Å². The highest BCUT2D eigenvalue weighted by Gasteiger charge is 2.19. The van der Waals surface area contributed by atoms with Crippen LogP contribution >= 0.6 is 15.9 Å². The van der Waals surface area contributed by atoms with Crippen molar-refractivity contribution in [3.8, 4) is 0 Å². The number of carbonyl (C=O) groups excluding carboxylic acids is 2. The van der Waals surface area contributed by atoms with E-state index in [4.69, 9.17) is 9.47 Å². The standard InChI is InChI=1S/C31H29BrN2O6/c1-3-39-29(36)26(32)19-23-15-11-21(12-16-23)9-10-22-13-17-24(18-14-22)20-33-28(35)25-7-5-6-8-27(25)34(30(33)37)31(38)40-4-2/h5-18,26H,3-4,19-20H2,1-2H3/b10-9+. The van der Waals surface area contributed by atoms with E-state index < -0.39 is 17.3 Å². The number of esters is 1. The van der Waals surface area contributed by atoms with Crippen LogP contribution in [-0.2, 0) is 27.2 Å². The van der Waals surface area contributed by atoms with Crippen molar-refractivity contribution >= 4 is 51.0 Å². The van der Waals surface area contributed by atoms with Crippen molar-refractivity contribution in [1.29, 1.82) is 0 Å². The first-order chi connectivity index (χ1) is 19.3. The normalized spacial score (nSPS) is 12.0. The monoisotopic (exact) mass is 604 g/mol. The zero-order valence-electron chi connectivity index (χ0n) is 22.2. The molecule has 0 saturated carbocycles. The number of aromatic nitrogens is 2. The van der Waals surface area contributed by atoms with E-state index in [0.29, 0.717) is 13.0 Å². The van der Waals surface area contributed by atoms with Crippen molar-refractivity contribution in [2.24, 2.45) is 0 Å². The van der Waals surface area contributed by atoms with Crippen molar-refractivity contribution in [3.63, 3.8) is 0 Å². The molecule has 0 amide bonds. The van der Waals surface area contributed by atoms with Crippen molar-refractivity contribution in [1.82, 2.24) is 9.13 Å². The maximum absolute atomic E-state index is 13.2. The zero-order chi connectivity index (χ0) is 28.6. The van der Waals surface area contributed by atoms with E-state index in [1.165, 1.54) is 0 Å². The fraction of sp³-hybridized carbons (Fsp3) is 0.226. The predicted molar refractivity (Wildman–Crippen MR) is 159 cm³/mol. The van der Waals surface area contributed by atoms with Crippen LogP contribution in [0.3, 0.4) is 0 Å². The summed E-state index contributed by atoms with van der Waals surface area (Å²) < 4.78 is 12.0. The number of nitrogens with zero attached hydrogens (tertiary/aromatic N) is 2. The van der Waals surface area contributed by atoms with Gasteiger partial charge in [-0.1, -0.05) is 88.7 Å². The van der Waals surface area contributed by atoms with Gasteiger partial charge in [-0.05, 0) is 54.7 Å². The van der Waals surface area contributed by atoms with E-state index in [1.54, 1.807) is 38.1 Å². The van der Waals surface area contributed by atoms with Gasteiger partial charge in [0.2, 0.25) is 0 Å². The number of ether oxygens (including phenoxy) is 2. The highest BCUT2D eigenvalue weighted by molar-refractivity contribution is 9.10. The highest BCUT2D eigenvalue weighted by Crippen LogP contribution is 2.16.